The molecule has 0 aliphatic heterocycles. The lowest BCUT2D eigenvalue weighted by molar-refractivity contribution is 0.0630. The number of aliphatic hydroxyl groups is 1. The van der Waals surface area contributed by atoms with E-state index in [2.05, 4.69) is 0 Å². The topological polar surface area (TPSA) is 40.5 Å². The van der Waals surface area contributed by atoms with E-state index in [4.69, 9.17) is 5.11 Å². The molecule has 1 aliphatic carbocycles. The van der Waals surface area contributed by atoms with Crippen LogP contribution in [0.3, 0.4) is 0 Å². The van der Waals surface area contributed by atoms with Crippen molar-refractivity contribution in [3.63, 3.8) is 0 Å². The van der Waals surface area contributed by atoms with Gasteiger partial charge in [-0.15, -0.1) is 0 Å². The zero-order valence-electron chi connectivity index (χ0n) is 8.19. The molecule has 2 nitrogen and oxygen atoms in total. The zero-order chi connectivity index (χ0) is 9.97. The van der Waals surface area contributed by atoms with E-state index in [1.54, 1.807) is 12.1 Å². The molecule has 1 atom stereocenters. The molecule has 2 heteroatoms. The predicted octanol–water partition coefficient (Wildman–Crippen LogP) is 2.10. The zero-order valence-corrected chi connectivity index (χ0v) is 8.19. The molecule has 0 aromatic heterocycles. The first-order valence-electron chi connectivity index (χ1n) is 5.21. The van der Waals surface area contributed by atoms with Crippen molar-refractivity contribution < 1.29 is 10.2 Å². The van der Waals surface area contributed by atoms with Crippen molar-refractivity contribution >= 4 is 0 Å². The lowest BCUT2D eigenvalue weighted by Crippen LogP contribution is -2.28. The van der Waals surface area contributed by atoms with E-state index in [1.165, 1.54) is 19.3 Å². The first-order chi connectivity index (χ1) is 6.75. The molecule has 1 aromatic rings. The fourth-order valence-electron chi connectivity index (χ4n) is 1.86. The van der Waals surface area contributed by atoms with Gasteiger partial charge in [0.2, 0.25) is 0 Å². The van der Waals surface area contributed by atoms with Gasteiger partial charge in [0.25, 0.3) is 0 Å². The highest BCUT2D eigenvalue weighted by molar-refractivity contribution is 5.26. The van der Waals surface area contributed by atoms with Gasteiger partial charge in [-0.25, -0.2) is 0 Å². The summed E-state index contributed by atoms with van der Waals surface area (Å²) in [7, 11) is 0. The van der Waals surface area contributed by atoms with E-state index in [0.717, 1.165) is 5.56 Å². The summed E-state index contributed by atoms with van der Waals surface area (Å²) in [5.74, 6) is 0.788. The van der Waals surface area contributed by atoms with Gasteiger partial charge in [-0.2, -0.15) is 0 Å². The van der Waals surface area contributed by atoms with Crippen LogP contribution in [0.2, 0.25) is 0 Å². The summed E-state index contributed by atoms with van der Waals surface area (Å²) >= 11 is 0. The SMILES string of the molecule is Oc1ccc(CC(O)C2CCC2)cc1. The maximum Gasteiger partial charge on any atom is 0.115 e. The molecule has 14 heavy (non-hydrogen) atoms. The van der Waals surface area contributed by atoms with Crippen LogP contribution in [0.25, 0.3) is 0 Å². The molecule has 1 aliphatic rings. The highest BCUT2D eigenvalue weighted by atomic mass is 16.3. The molecule has 1 unspecified atom stereocenters. The fraction of sp³-hybridized carbons (Fsp3) is 0.500. The van der Waals surface area contributed by atoms with Crippen LogP contribution in [0.1, 0.15) is 24.8 Å². The van der Waals surface area contributed by atoms with E-state index >= 15 is 0 Å². The molecule has 0 saturated heterocycles. The summed E-state index contributed by atoms with van der Waals surface area (Å²) in [6.45, 7) is 0. The maximum absolute atomic E-state index is 9.83. The summed E-state index contributed by atoms with van der Waals surface area (Å²) in [5.41, 5.74) is 1.10. The quantitative estimate of drug-likeness (QED) is 0.770. The lowest BCUT2D eigenvalue weighted by atomic mass is 9.79. The van der Waals surface area contributed by atoms with Crippen LogP contribution in [-0.2, 0) is 6.42 Å². The Bertz CT molecular complexity index is 288. The van der Waals surface area contributed by atoms with Gasteiger partial charge in [0.05, 0.1) is 6.10 Å². The van der Waals surface area contributed by atoms with E-state index in [0.29, 0.717) is 12.3 Å². The molecule has 1 aromatic carbocycles. The molecule has 2 N–H and O–H groups in total. The minimum Gasteiger partial charge on any atom is -0.508 e. The smallest absolute Gasteiger partial charge is 0.115 e. The van der Waals surface area contributed by atoms with Gasteiger partial charge in [0.15, 0.2) is 0 Å². The van der Waals surface area contributed by atoms with Crippen molar-refractivity contribution in [3.8, 4) is 5.75 Å². The Labute approximate surface area is 84.2 Å². The van der Waals surface area contributed by atoms with Crippen LogP contribution in [0.15, 0.2) is 24.3 Å². The second-order valence-corrected chi connectivity index (χ2v) is 4.13. The Hall–Kier alpha value is -1.02. The van der Waals surface area contributed by atoms with Crippen LogP contribution in [0.4, 0.5) is 0 Å². The minimum atomic E-state index is -0.201. The third-order valence-corrected chi connectivity index (χ3v) is 3.08. The van der Waals surface area contributed by atoms with Crippen molar-refractivity contribution in [2.75, 3.05) is 0 Å². The van der Waals surface area contributed by atoms with Crippen LogP contribution >= 0.6 is 0 Å². The summed E-state index contributed by atoms with van der Waals surface area (Å²) in [6, 6.07) is 7.08. The monoisotopic (exact) mass is 192 g/mol. The molecule has 1 saturated carbocycles. The highest BCUT2D eigenvalue weighted by Gasteiger charge is 2.25. The maximum atomic E-state index is 9.83. The minimum absolute atomic E-state index is 0.201. The van der Waals surface area contributed by atoms with Crippen molar-refractivity contribution in [2.24, 2.45) is 5.92 Å². The number of phenolic OH excluding ortho intramolecular Hbond substituents is 1. The van der Waals surface area contributed by atoms with E-state index in [1.807, 2.05) is 12.1 Å². The third-order valence-electron chi connectivity index (χ3n) is 3.08. The number of aromatic hydroxyl groups is 1. The van der Waals surface area contributed by atoms with Crippen molar-refractivity contribution in [2.45, 2.75) is 31.8 Å². The Kier molecular flexibility index (Phi) is 2.73. The van der Waals surface area contributed by atoms with Crippen molar-refractivity contribution in [3.05, 3.63) is 29.8 Å². The van der Waals surface area contributed by atoms with Crippen molar-refractivity contribution in [1.29, 1.82) is 0 Å². The van der Waals surface area contributed by atoms with Gasteiger partial charge in [-0.1, -0.05) is 18.6 Å². The number of rotatable bonds is 3. The van der Waals surface area contributed by atoms with Gasteiger partial charge >= 0.3 is 0 Å². The number of benzene rings is 1. The Morgan fingerprint density at radius 1 is 1.21 bits per heavy atom. The number of hydrogen-bond acceptors (Lipinski definition) is 2. The molecule has 0 radical (unpaired) electrons. The van der Waals surface area contributed by atoms with E-state index < -0.39 is 0 Å². The summed E-state index contributed by atoms with van der Waals surface area (Å²) < 4.78 is 0. The second-order valence-electron chi connectivity index (χ2n) is 4.13. The van der Waals surface area contributed by atoms with Crippen molar-refractivity contribution in [1.82, 2.24) is 0 Å². The average Bonchev–Trinajstić information content (AvgIpc) is 2.06. The molecule has 2 rings (SSSR count). The van der Waals surface area contributed by atoms with Crippen LogP contribution in [0.5, 0.6) is 5.75 Å². The standard InChI is InChI=1S/C12H16O2/c13-11-6-4-9(5-7-11)8-12(14)10-2-1-3-10/h4-7,10,12-14H,1-3,8H2. The normalized spacial score (nSPS) is 18.9. The summed E-state index contributed by atoms with van der Waals surface area (Å²) in [6.07, 6.45) is 4.11. The van der Waals surface area contributed by atoms with E-state index in [9.17, 15) is 5.11 Å². The van der Waals surface area contributed by atoms with Gasteiger partial charge in [-0.3, -0.25) is 0 Å². The second kappa shape index (κ2) is 4.01. The van der Waals surface area contributed by atoms with Crippen LogP contribution < -0.4 is 0 Å². The molecule has 0 amide bonds. The lowest BCUT2D eigenvalue weighted by Gasteiger charge is -2.30. The molecule has 0 bridgehead atoms. The molecule has 0 heterocycles. The third kappa shape index (κ3) is 2.07. The first kappa shape index (κ1) is 9.53. The predicted molar refractivity (Wildman–Crippen MR) is 55.2 cm³/mol. The summed E-state index contributed by atoms with van der Waals surface area (Å²) in [5, 5.41) is 18.9. The summed E-state index contributed by atoms with van der Waals surface area (Å²) in [4.78, 5) is 0. The van der Waals surface area contributed by atoms with Gasteiger partial charge in [-0.05, 0) is 42.9 Å². The molecule has 76 valence electrons. The van der Waals surface area contributed by atoms with Gasteiger partial charge in [0.1, 0.15) is 5.75 Å². The number of aliphatic hydroxyl groups excluding tert-OH is 1. The fourth-order valence-corrected chi connectivity index (χ4v) is 1.86. The molecular weight excluding hydrogens is 176 g/mol. The van der Waals surface area contributed by atoms with Crippen LogP contribution in [-0.4, -0.2) is 16.3 Å². The largest absolute Gasteiger partial charge is 0.508 e. The van der Waals surface area contributed by atoms with Crippen LogP contribution in [0, 0.1) is 5.92 Å². The first-order valence-corrected chi connectivity index (χ1v) is 5.21. The highest BCUT2D eigenvalue weighted by Crippen LogP contribution is 2.31. The molecule has 1 fully saturated rings. The average molecular weight is 192 g/mol. The number of phenols is 1. The Morgan fingerprint density at radius 3 is 2.36 bits per heavy atom. The number of hydrogen-bond donors (Lipinski definition) is 2. The van der Waals surface area contributed by atoms with Gasteiger partial charge < -0.3 is 10.2 Å². The molecule has 0 spiro atoms. The van der Waals surface area contributed by atoms with E-state index in [-0.39, 0.29) is 11.9 Å². The Morgan fingerprint density at radius 2 is 1.86 bits per heavy atom. The molecular formula is C12H16O2. The Balaban J connectivity index is 1.92. The van der Waals surface area contributed by atoms with Gasteiger partial charge in [0, 0.05) is 0 Å².